The lowest BCUT2D eigenvalue weighted by Crippen LogP contribution is -2.42. The summed E-state index contributed by atoms with van der Waals surface area (Å²) in [6.45, 7) is 5.59. The highest BCUT2D eigenvalue weighted by molar-refractivity contribution is 7.16. The second kappa shape index (κ2) is 7.07. The third-order valence-corrected chi connectivity index (χ3v) is 5.21. The van der Waals surface area contributed by atoms with Crippen LogP contribution in [0.3, 0.4) is 0 Å². The fourth-order valence-corrected chi connectivity index (χ4v) is 3.89. The largest absolute Gasteiger partial charge is 0.326 e. The Morgan fingerprint density at radius 1 is 1.42 bits per heavy atom. The molecule has 2 atom stereocenters. The van der Waals surface area contributed by atoms with Gasteiger partial charge in [0.15, 0.2) is 0 Å². The van der Waals surface area contributed by atoms with Gasteiger partial charge in [0.25, 0.3) is 0 Å². The van der Waals surface area contributed by atoms with Gasteiger partial charge < -0.3 is 5.73 Å². The highest BCUT2D eigenvalue weighted by Gasteiger charge is 2.37. The molecule has 0 bridgehead atoms. The molecule has 0 aliphatic heterocycles. The van der Waals surface area contributed by atoms with Gasteiger partial charge in [0.1, 0.15) is 0 Å². The van der Waals surface area contributed by atoms with E-state index in [9.17, 15) is 0 Å². The summed E-state index contributed by atoms with van der Waals surface area (Å²) in [5.74, 6) is 0. The first-order valence-corrected chi connectivity index (χ1v) is 8.63. The van der Waals surface area contributed by atoms with E-state index in [-0.39, 0.29) is 6.04 Å². The summed E-state index contributed by atoms with van der Waals surface area (Å²) in [7, 11) is 0. The number of unbranched alkanes of at least 4 members (excludes halogenated alkanes) is 1. The van der Waals surface area contributed by atoms with Crippen LogP contribution in [-0.2, 0) is 0 Å². The molecule has 0 spiro atoms. The van der Waals surface area contributed by atoms with Gasteiger partial charge in [-0.05, 0) is 44.4 Å². The maximum atomic E-state index is 6.42. The fourth-order valence-electron chi connectivity index (χ4n) is 2.63. The summed E-state index contributed by atoms with van der Waals surface area (Å²) in [6.07, 6.45) is 6.16. The quantitative estimate of drug-likeness (QED) is 0.769. The van der Waals surface area contributed by atoms with Gasteiger partial charge >= 0.3 is 0 Å². The van der Waals surface area contributed by atoms with Crippen LogP contribution >= 0.6 is 22.9 Å². The average molecular weight is 301 g/mol. The maximum absolute atomic E-state index is 6.42. The number of thiophene rings is 1. The van der Waals surface area contributed by atoms with Gasteiger partial charge in [-0.1, -0.05) is 31.9 Å². The summed E-state index contributed by atoms with van der Waals surface area (Å²) >= 11 is 7.81. The molecule has 1 aromatic heterocycles. The predicted octanol–water partition coefficient (Wildman–Crippen LogP) is 4.44. The first-order chi connectivity index (χ1) is 9.17. The lowest BCUT2D eigenvalue weighted by molar-refractivity contribution is 0.159. The van der Waals surface area contributed by atoms with Crippen LogP contribution in [0.1, 0.15) is 56.9 Å². The molecule has 1 fully saturated rings. The molecule has 2 N–H and O–H groups in total. The average Bonchev–Trinajstić information content (AvgIpc) is 3.16. The van der Waals surface area contributed by atoms with Gasteiger partial charge in [0.2, 0.25) is 0 Å². The van der Waals surface area contributed by atoms with Crippen molar-refractivity contribution in [2.75, 3.05) is 6.54 Å². The van der Waals surface area contributed by atoms with E-state index in [1.807, 2.05) is 6.07 Å². The van der Waals surface area contributed by atoms with E-state index in [1.54, 1.807) is 11.3 Å². The molecule has 1 saturated carbocycles. The van der Waals surface area contributed by atoms with E-state index in [0.717, 1.165) is 23.3 Å². The second-order valence-electron chi connectivity index (χ2n) is 5.48. The smallest absolute Gasteiger partial charge is 0.0931 e. The van der Waals surface area contributed by atoms with Gasteiger partial charge in [-0.25, -0.2) is 0 Å². The van der Waals surface area contributed by atoms with E-state index in [4.69, 9.17) is 17.3 Å². The Labute approximate surface area is 125 Å². The molecular formula is C15H25ClN2S. The Hall–Kier alpha value is -0.0900. The maximum Gasteiger partial charge on any atom is 0.0931 e. The molecule has 0 saturated heterocycles. The molecule has 4 heteroatoms. The zero-order valence-electron chi connectivity index (χ0n) is 11.9. The third-order valence-electron chi connectivity index (χ3n) is 3.91. The Balaban J connectivity index is 2.19. The van der Waals surface area contributed by atoms with E-state index in [2.05, 4.69) is 24.8 Å². The molecule has 108 valence electrons. The molecule has 2 nitrogen and oxygen atoms in total. The molecule has 0 radical (unpaired) electrons. The fraction of sp³-hybridized carbons (Fsp3) is 0.733. The molecule has 0 aromatic carbocycles. The van der Waals surface area contributed by atoms with Crippen LogP contribution in [0.4, 0.5) is 0 Å². The minimum Gasteiger partial charge on any atom is -0.326 e. The summed E-state index contributed by atoms with van der Waals surface area (Å²) in [5.41, 5.74) is 6.42. The van der Waals surface area contributed by atoms with Crippen LogP contribution < -0.4 is 5.73 Å². The zero-order valence-corrected chi connectivity index (χ0v) is 13.5. The molecule has 2 rings (SSSR count). The second-order valence-corrected chi connectivity index (χ2v) is 7.23. The summed E-state index contributed by atoms with van der Waals surface area (Å²) in [4.78, 5) is 3.97. The molecule has 0 amide bonds. The van der Waals surface area contributed by atoms with Crippen LogP contribution in [0.5, 0.6) is 0 Å². The SMILES string of the molecule is CCCCN(C1CC1)C(c1ccc(Cl)s1)C(N)CC. The molecule has 19 heavy (non-hydrogen) atoms. The van der Waals surface area contributed by atoms with Crippen molar-refractivity contribution in [3.8, 4) is 0 Å². The first kappa shape index (κ1) is 15.3. The van der Waals surface area contributed by atoms with Crippen LogP contribution in [-0.4, -0.2) is 23.5 Å². The highest BCUT2D eigenvalue weighted by Crippen LogP contribution is 2.39. The zero-order chi connectivity index (χ0) is 13.8. The van der Waals surface area contributed by atoms with Gasteiger partial charge in [-0.15, -0.1) is 11.3 Å². The minimum absolute atomic E-state index is 0.201. The number of nitrogens with two attached hydrogens (primary N) is 1. The van der Waals surface area contributed by atoms with Crippen molar-refractivity contribution >= 4 is 22.9 Å². The van der Waals surface area contributed by atoms with Crippen molar-refractivity contribution in [2.45, 2.75) is 64.1 Å². The standard InChI is InChI=1S/C15H25ClN2S/c1-3-5-10-18(11-6-7-11)15(12(17)4-2)13-8-9-14(16)19-13/h8-9,11-12,15H,3-7,10,17H2,1-2H3. The summed E-state index contributed by atoms with van der Waals surface area (Å²) < 4.78 is 0.870. The van der Waals surface area contributed by atoms with Crippen molar-refractivity contribution in [1.29, 1.82) is 0 Å². The van der Waals surface area contributed by atoms with Crippen LogP contribution in [0.15, 0.2) is 12.1 Å². The molecular weight excluding hydrogens is 276 g/mol. The van der Waals surface area contributed by atoms with Crippen LogP contribution in [0, 0.1) is 0 Å². The number of rotatable bonds is 8. The van der Waals surface area contributed by atoms with E-state index in [1.165, 1.54) is 30.6 Å². The van der Waals surface area contributed by atoms with Crippen molar-refractivity contribution in [2.24, 2.45) is 5.73 Å². The monoisotopic (exact) mass is 300 g/mol. The van der Waals surface area contributed by atoms with Crippen molar-refractivity contribution in [3.05, 3.63) is 21.3 Å². The Bertz CT molecular complexity index is 389. The van der Waals surface area contributed by atoms with Gasteiger partial charge in [-0.3, -0.25) is 4.90 Å². The summed E-state index contributed by atoms with van der Waals surface area (Å²) in [5, 5.41) is 0. The van der Waals surface area contributed by atoms with E-state index < -0.39 is 0 Å². The van der Waals surface area contributed by atoms with Crippen LogP contribution in [0.2, 0.25) is 4.34 Å². The van der Waals surface area contributed by atoms with Gasteiger partial charge in [0, 0.05) is 17.0 Å². The lowest BCUT2D eigenvalue weighted by Gasteiger charge is -2.35. The Kier molecular flexibility index (Phi) is 5.70. The van der Waals surface area contributed by atoms with Crippen molar-refractivity contribution < 1.29 is 0 Å². The molecule has 1 aliphatic carbocycles. The predicted molar refractivity (Wildman–Crippen MR) is 85.0 cm³/mol. The topological polar surface area (TPSA) is 29.3 Å². The molecule has 1 aliphatic rings. The number of hydrogen-bond acceptors (Lipinski definition) is 3. The first-order valence-electron chi connectivity index (χ1n) is 7.43. The lowest BCUT2D eigenvalue weighted by atomic mass is 10.0. The Morgan fingerprint density at radius 3 is 2.63 bits per heavy atom. The minimum atomic E-state index is 0.201. The van der Waals surface area contributed by atoms with Crippen molar-refractivity contribution in [3.63, 3.8) is 0 Å². The Morgan fingerprint density at radius 2 is 2.16 bits per heavy atom. The normalized spacial score (nSPS) is 18.8. The number of nitrogens with zero attached hydrogens (tertiary/aromatic N) is 1. The van der Waals surface area contributed by atoms with E-state index in [0.29, 0.717) is 6.04 Å². The van der Waals surface area contributed by atoms with E-state index >= 15 is 0 Å². The number of hydrogen-bond donors (Lipinski definition) is 1. The molecule has 2 unspecified atom stereocenters. The molecule has 1 aromatic rings. The van der Waals surface area contributed by atoms with Gasteiger partial charge in [-0.2, -0.15) is 0 Å². The van der Waals surface area contributed by atoms with Gasteiger partial charge in [0.05, 0.1) is 10.4 Å². The van der Waals surface area contributed by atoms with Crippen molar-refractivity contribution in [1.82, 2.24) is 4.90 Å². The summed E-state index contributed by atoms with van der Waals surface area (Å²) in [6, 6.07) is 5.46. The highest BCUT2D eigenvalue weighted by atomic mass is 35.5. The number of halogens is 1. The third kappa shape index (κ3) is 3.94. The van der Waals surface area contributed by atoms with Crippen LogP contribution in [0.25, 0.3) is 0 Å². The molecule has 1 heterocycles.